The van der Waals surface area contributed by atoms with Crippen LogP contribution in [0.4, 0.5) is 0 Å². The molecular formula is C8H17N2Si. The summed E-state index contributed by atoms with van der Waals surface area (Å²) in [6.07, 6.45) is 4.54. The van der Waals surface area contributed by atoms with Crippen molar-refractivity contribution >= 4 is 10.2 Å². The van der Waals surface area contributed by atoms with Crippen molar-refractivity contribution in [2.45, 2.75) is 26.1 Å². The lowest BCUT2D eigenvalue weighted by molar-refractivity contribution is 0.519. The monoisotopic (exact) mass is 169 g/mol. The highest BCUT2D eigenvalue weighted by molar-refractivity contribution is 6.09. The van der Waals surface area contributed by atoms with Crippen LogP contribution in [0.5, 0.6) is 0 Å². The number of likely N-dealkylation sites (N-methyl/N-ethyl adjacent to an activating group) is 2. The first-order valence-corrected chi connectivity index (χ1v) is 4.83. The SMILES string of the molecule is CCNC(C=CC[Si])NCC. The van der Waals surface area contributed by atoms with Gasteiger partial charge in [0.25, 0.3) is 0 Å². The van der Waals surface area contributed by atoms with Gasteiger partial charge in [-0.15, -0.1) is 0 Å². The van der Waals surface area contributed by atoms with Gasteiger partial charge in [0.05, 0.1) is 6.17 Å². The predicted molar refractivity (Wildman–Crippen MR) is 50.8 cm³/mol. The summed E-state index contributed by atoms with van der Waals surface area (Å²) >= 11 is 0. The maximum absolute atomic E-state index is 3.38. The summed E-state index contributed by atoms with van der Waals surface area (Å²) in [5, 5.41) is 6.60. The predicted octanol–water partition coefficient (Wildman–Crippen LogP) is 0.674. The summed E-state index contributed by atoms with van der Waals surface area (Å²) < 4.78 is 0. The third kappa shape index (κ3) is 6.28. The van der Waals surface area contributed by atoms with Crippen molar-refractivity contribution in [1.82, 2.24) is 10.6 Å². The summed E-state index contributed by atoms with van der Waals surface area (Å²) in [4.78, 5) is 0. The lowest BCUT2D eigenvalue weighted by atomic mass is 10.4. The van der Waals surface area contributed by atoms with Gasteiger partial charge in [-0.2, -0.15) is 0 Å². The van der Waals surface area contributed by atoms with E-state index in [0.29, 0.717) is 6.17 Å². The van der Waals surface area contributed by atoms with Crippen molar-refractivity contribution in [2.24, 2.45) is 0 Å². The standard InChI is InChI=1S/C8H17N2Si/c1-3-9-8(10-4-2)6-5-7-11/h5-6,8-10H,3-4,7H2,1-2H3. The van der Waals surface area contributed by atoms with Gasteiger partial charge >= 0.3 is 0 Å². The van der Waals surface area contributed by atoms with Gasteiger partial charge in [0.15, 0.2) is 0 Å². The molecule has 11 heavy (non-hydrogen) atoms. The Bertz CT molecular complexity index is 98.3. The lowest BCUT2D eigenvalue weighted by Crippen LogP contribution is -2.40. The second kappa shape index (κ2) is 7.98. The summed E-state index contributed by atoms with van der Waals surface area (Å²) in [5.74, 6) is 0. The second-order valence-corrected chi connectivity index (χ2v) is 2.63. The van der Waals surface area contributed by atoms with E-state index in [9.17, 15) is 0 Å². The zero-order valence-electron chi connectivity index (χ0n) is 7.35. The minimum absolute atomic E-state index is 0.321. The van der Waals surface area contributed by atoms with Gasteiger partial charge < -0.3 is 0 Å². The molecule has 0 bridgehead atoms. The van der Waals surface area contributed by atoms with Crippen molar-refractivity contribution < 1.29 is 0 Å². The number of allylic oxidation sites excluding steroid dienone is 1. The zero-order valence-corrected chi connectivity index (χ0v) is 8.35. The molecule has 0 atom stereocenters. The highest BCUT2D eigenvalue weighted by Crippen LogP contribution is 1.83. The molecule has 0 aliphatic rings. The first-order valence-electron chi connectivity index (χ1n) is 4.13. The van der Waals surface area contributed by atoms with E-state index < -0.39 is 0 Å². The molecule has 0 saturated heterocycles. The van der Waals surface area contributed by atoms with Gasteiger partial charge in [-0.3, -0.25) is 10.6 Å². The van der Waals surface area contributed by atoms with Crippen LogP contribution >= 0.6 is 0 Å². The van der Waals surface area contributed by atoms with Crippen molar-refractivity contribution in [3.63, 3.8) is 0 Å². The fourth-order valence-electron chi connectivity index (χ4n) is 0.852. The Morgan fingerprint density at radius 1 is 1.27 bits per heavy atom. The first-order chi connectivity index (χ1) is 5.35. The van der Waals surface area contributed by atoms with E-state index in [2.05, 4.69) is 46.9 Å². The molecule has 0 unspecified atom stereocenters. The minimum Gasteiger partial charge on any atom is -0.299 e. The lowest BCUT2D eigenvalue weighted by Gasteiger charge is -2.13. The average Bonchev–Trinajstić information content (AvgIpc) is 2.01. The smallest absolute Gasteiger partial charge is 0.0763 e. The highest BCUT2D eigenvalue weighted by atomic mass is 28.1. The molecule has 0 heterocycles. The van der Waals surface area contributed by atoms with Gasteiger partial charge in [0.1, 0.15) is 0 Å². The van der Waals surface area contributed by atoms with Crippen LogP contribution in [0.25, 0.3) is 0 Å². The Balaban J connectivity index is 3.58. The van der Waals surface area contributed by atoms with Gasteiger partial charge in [-0.1, -0.05) is 26.0 Å². The van der Waals surface area contributed by atoms with Crippen molar-refractivity contribution in [3.05, 3.63) is 12.2 Å². The van der Waals surface area contributed by atoms with Crippen LogP contribution in [-0.4, -0.2) is 29.5 Å². The van der Waals surface area contributed by atoms with E-state index in [4.69, 9.17) is 0 Å². The number of hydrogen-bond acceptors (Lipinski definition) is 2. The summed E-state index contributed by atoms with van der Waals surface area (Å²) in [7, 11) is 3.38. The fourth-order valence-corrected chi connectivity index (χ4v) is 0.988. The van der Waals surface area contributed by atoms with Crippen LogP contribution in [0.1, 0.15) is 13.8 Å². The van der Waals surface area contributed by atoms with Gasteiger partial charge in [-0.05, 0) is 19.1 Å². The van der Waals surface area contributed by atoms with Crippen molar-refractivity contribution in [3.8, 4) is 0 Å². The Hall–Kier alpha value is -0.123. The highest BCUT2D eigenvalue weighted by Gasteiger charge is 1.96. The average molecular weight is 169 g/mol. The third-order valence-corrected chi connectivity index (χ3v) is 1.53. The Morgan fingerprint density at radius 2 is 1.82 bits per heavy atom. The number of rotatable bonds is 6. The first kappa shape index (κ1) is 10.9. The molecule has 0 rings (SSSR count). The normalized spacial score (nSPS) is 11.6. The maximum Gasteiger partial charge on any atom is 0.0763 e. The quantitative estimate of drug-likeness (QED) is 0.347. The molecule has 0 spiro atoms. The largest absolute Gasteiger partial charge is 0.299 e. The summed E-state index contributed by atoms with van der Waals surface area (Å²) in [6, 6.07) is 0.910. The molecule has 2 nitrogen and oxygen atoms in total. The molecule has 0 amide bonds. The van der Waals surface area contributed by atoms with Crippen molar-refractivity contribution in [1.29, 1.82) is 0 Å². The van der Waals surface area contributed by atoms with Crippen LogP contribution in [0.15, 0.2) is 12.2 Å². The zero-order chi connectivity index (χ0) is 8.53. The molecule has 0 aliphatic heterocycles. The van der Waals surface area contributed by atoms with Crippen LogP contribution in [-0.2, 0) is 0 Å². The molecule has 63 valence electrons. The number of hydrogen-bond donors (Lipinski definition) is 2. The van der Waals surface area contributed by atoms with E-state index in [1.54, 1.807) is 0 Å². The molecular weight excluding hydrogens is 152 g/mol. The van der Waals surface area contributed by atoms with Crippen LogP contribution < -0.4 is 10.6 Å². The van der Waals surface area contributed by atoms with Crippen LogP contribution in [0.3, 0.4) is 0 Å². The summed E-state index contributed by atoms with van der Waals surface area (Å²) in [6.45, 7) is 6.19. The van der Waals surface area contributed by atoms with E-state index >= 15 is 0 Å². The Kier molecular flexibility index (Phi) is 7.89. The maximum atomic E-state index is 3.38. The van der Waals surface area contributed by atoms with E-state index in [-0.39, 0.29) is 0 Å². The minimum atomic E-state index is 0.321. The molecule has 0 aromatic rings. The number of nitrogens with one attached hydrogen (secondary N) is 2. The molecule has 3 heteroatoms. The molecule has 0 saturated carbocycles. The van der Waals surface area contributed by atoms with E-state index in [1.807, 2.05) is 0 Å². The van der Waals surface area contributed by atoms with Crippen molar-refractivity contribution in [2.75, 3.05) is 13.1 Å². The van der Waals surface area contributed by atoms with Crippen LogP contribution in [0.2, 0.25) is 6.04 Å². The van der Waals surface area contributed by atoms with E-state index in [1.165, 1.54) is 0 Å². The Labute approximate surface area is 72.9 Å². The van der Waals surface area contributed by atoms with Gasteiger partial charge in [0, 0.05) is 10.2 Å². The van der Waals surface area contributed by atoms with Gasteiger partial charge in [-0.25, -0.2) is 0 Å². The molecule has 0 aromatic carbocycles. The van der Waals surface area contributed by atoms with E-state index in [0.717, 1.165) is 19.1 Å². The molecule has 2 N–H and O–H groups in total. The molecule has 0 fully saturated rings. The fraction of sp³-hybridized carbons (Fsp3) is 0.750. The topological polar surface area (TPSA) is 24.1 Å². The van der Waals surface area contributed by atoms with Gasteiger partial charge in [0.2, 0.25) is 0 Å². The Morgan fingerprint density at radius 3 is 2.18 bits per heavy atom. The van der Waals surface area contributed by atoms with Crippen LogP contribution in [0, 0.1) is 0 Å². The third-order valence-electron chi connectivity index (χ3n) is 1.29. The summed E-state index contributed by atoms with van der Waals surface area (Å²) in [5.41, 5.74) is 0. The molecule has 3 radical (unpaired) electrons. The molecule has 0 aromatic heterocycles. The molecule has 0 aliphatic carbocycles. The second-order valence-electron chi connectivity index (χ2n) is 2.23.